The van der Waals surface area contributed by atoms with Crippen LogP contribution in [0.2, 0.25) is 0 Å². The largest absolute Gasteiger partial charge is 0.432 e. The molecule has 4 heteroatoms. The van der Waals surface area contributed by atoms with Crippen LogP contribution in [-0.4, -0.2) is 4.98 Å². The molecule has 0 saturated carbocycles. The Hall–Kier alpha value is -2.33. The van der Waals surface area contributed by atoms with Gasteiger partial charge in [0, 0.05) is 11.9 Å². The fourth-order valence-electron chi connectivity index (χ4n) is 1.91. The van der Waals surface area contributed by atoms with Crippen molar-refractivity contribution >= 4 is 22.5 Å². The molecule has 3 rings (SSSR count). The number of aromatic nitrogens is 1. The van der Waals surface area contributed by atoms with E-state index in [0.717, 1.165) is 16.8 Å². The smallest absolute Gasteiger partial charge is 0.299 e. The molecule has 0 saturated heterocycles. The average molecular weight is 239 g/mol. The van der Waals surface area contributed by atoms with Crippen LogP contribution in [0, 0.1) is 0 Å². The Labute approximate surface area is 104 Å². The van der Waals surface area contributed by atoms with Gasteiger partial charge in [0.15, 0.2) is 0 Å². The maximum absolute atomic E-state index is 5.50. The number of oxazole rings is 1. The molecule has 1 heterocycles. The van der Waals surface area contributed by atoms with Crippen LogP contribution in [0.3, 0.4) is 0 Å². The Balaban J connectivity index is 1.99. The number of nitrogens with zero attached hydrogens (tertiary/aromatic N) is 1. The summed E-state index contributed by atoms with van der Waals surface area (Å²) in [6.45, 7) is 0.376. The molecule has 0 aliphatic rings. The highest BCUT2D eigenvalue weighted by Crippen LogP contribution is 2.25. The van der Waals surface area contributed by atoms with Crippen LogP contribution in [0.15, 0.2) is 53.1 Å². The van der Waals surface area contributed by atoms with Crippen molar-refractivity contribution in [3.8, 4) is 0 Å². The molecule has 0 bridgehead atoms. The monoisotopic (exact) mass is 239 g/mol. The van der Waals surface area contributed by atoms with Gasteiger partial charge in [-0.05, 0) is 11.5 Å². The molecule has 0 atom stereocenters. The van der Waals surface area contributed by atoms with Gasteiger partial charge in [0.25, 0.3) is 6.01 Å². The van der Waals surface area contributed by atoms with Gasteiger partial charge in [0.1, 0.15) is 6.26 Å². The predicted molar refractivity (Wildman–Crippen MR) is 71.6 cm³/mol. The summed E-state index contributed by atoms with van der Waals surface area (Å²) in [6, 6.07) is 14.7. The molecule has 0 aliphatic heterocycles. The van der Waals surface area contributed by atoms with Gasteiger partial charge in [-0.1, -0.05) is 36.4 Å². The molecular formula is C14H13N3O. The molecule has 0 aliphatic carbocycles. The Bertz CT molecular complexity index is 670. The van der Waals surface area contributed by atoms with Crippen LogP contribution in [0.4, 0.5) is 11.7 Å². The number of rotatable bonds is 3. The summed E-state index contributed by atoms with van der Waals surface area (Å²) >= 11 is 0. The van der Waals surface area contributed by atoms with E-state index in [1.165, 1.54) is 5.39 Å². The minimum Gasteiger partial charge on any atom is -0.432 e. The van der Waals surface area contributed by atoms with Crippen LogP contribution in [-0.2, 0) is 6.54 Å². The Morgan fingerprint density at radius 2 is 1.94 bits per heavy atom. The number of hydrogen-bond donors (Lipinski definition) is 2. The van der Waals surface area contributed by atoms with Gasteiger partial charge < -0.3 is 15.5 Å². The summed E-state index contributed by atoms with van der Waals surface area (Å²) in [6.07, 6.45) is 1.56. The van der Waals surface area contributed by atoms with Crippen LogP contribution in [0.5, 0.6) is 0 Å². The Morgan fingerprint density at radius 3 is 2.78 bits per heavy atom. The number of fused-ring (bicyclic) bond motifs is 1. The van der Waals surface area contributed by atoms with Crippen molar-refractivity contribution < 1.29 is 4.42 Å². The van der Waals surface area contributed by atoms with Gasteiger partial charge in [-0.25, -0.2) is 0 Å². The maximum Gasteiger partial charge on any atom is 0.299 e. The van der Waals surface area contributed by atoms with Crippen molar-refractivity contribution in [1.29, 1.82) is 0 Å². The van der Waals surface area contributed by atoms with Crippen LogP contribution in [0.25, 0.3) is 10.8 Å². The van der Waals surface area contributed by atoms with Crippen molar-refractivity contribution in [3.63, 3.8) is 0 Å². The third-order valence-electron chi connectivity index (χ3n) is 2.79. The van der Waals surface area contributed by atoms with Gasteiger partial charge in [0.05, 0.1) is 11.4 Å². The number of anilines is 2. The molecular weight excluding hydrogens is 226 g/mol. The van der Waals surface area contributed by atoms with Crippen molar-refractivity contribution in [2.24, 2.45) is 5.73 Å². The van der Waals surface area contributed by atoms with E-state index in [0.29, 0.717) is 12.6 Å². The molecule has 3 aromatic rings. The van der Waals surface area contributed by atoms with Crippen molar-refractivity contribution in [2.75, 3.05) is 5.32 Å². The summed E-state index contributed by atoms with van der Waals surface area (Å²) < 4.78 is 5.31. The van der Waals surface area contributed by atoms with Crippen LogP contribution in [0.1, 0.15) is 5.69 Å². The Morgan fingerprint density at radius 1 is 1.11 bits per heavy atom. The topological polar surface area (TPSA) is 64.1 Å². The zero-order chi connectivity index (χ0) is 12.4. The quantitative estimate of drug-likeness (QED) is 0.737. The lowest BCUT2D eigenvalue weighted by Gasteiger charge is -2.06. The lowest BCUT2D eigenvalue weighted by Crippen LogP contribution is -1.97. The molecule has 90 valence electrons. The van der Waals surface area contributed by atoms with E-state index in [2.05, 4.69) is 28.5 Å². The van der Waals surface area contributed by atoms with E-state index in [-0.39, 0.29) is 0 Å². The fourth-order valence-corrected chi connectivity index (χ4v) is 1.91. The SMILES string of the molecule is NCc1coc(Nc2cccc3ccccc23)n1. The summed E-state index contributed by atoms with van der Waals surface area (Å²) in [7, 11) is 0. The van der Waals surface area contributed by atoms with E-state index in [1.54, 1.807) is 6.26 Å². The molecule has 0 radical (unpaired) electrons. The summed E-state index contributed by atoms with van der Waals surface area (Å²) in [5.41, 5.74) is 7.20. The first-order valence-corrected chi connectivity index (χ1v) is 5.76. The normalized spacial score (nSPS) is 10.7. The van der Waals surface area contributed by atoms with Gasteiger partial charge in [-0.2, -0.15) is 4.98 Å². The molecule has 3 N–H and O–H groups in total. The fraction of sp³-hybridized carbons (Fsp3) is 0.0714. The van der Waals surface area contributed by atoms with Gasteiger partial charge in [0.2, 0.25) is 0 Å². The first-order valence-electron chi connectivity index (χ1n) is 5.76. The molecule has 1 aromatic heterocycles. The average Bonchev–Trinajstić information content (AvgIpc) is 2.87. The molecule has 0 fully saturated rings. The van der Waals surface area contributed by atoms with Crippen LogP contribution < -0.4 is 11.1 Å². The van der Waals surface area contributed by atoms with Crippen LogP contribution >= 0.6 is 0 Å². The van der Waals surface area contributed by atoms with E-state index in [9.17, 15) is 0 Å². The maximum atomic E-state index is 5.50. The van der Waals surface area contributed by atoms with Gasteiger partial charge >= 0.3 is 0 Å². The zero-order valence-electron chi connectivity index (χ0n) is 9.76. The second kappa shape index (κ2) is 4.50. The summed E-state index contributed by atoms with van der Waals surface area (Å²) in [5, 5.41) is 5.47. The predicted octanol–water partition coefficient (Wildman–Crippen LogP) is 3.03. The van der Waals surface area contributed by atoms with E-state index in [4.69, 9.17) is 10.2 Å². The highest BCUT2D eigenvalue weighted by molar-refractivity contribution is 5.94. The number of hydrogen-bond acceptors (Lipinski definition) is 4. The molecule has 18 heavy (non-hydrogen) atoms. The number of benzene rings is 2. The van der Waals surface area contributed by atoms with Crippen molar-refractivity contribution in [1.82, 2.24) is 4.98 Å². The second-order valence-corrected chi connectivity index (χ2v) is 4.00. The first kappa shape index (κ1) is 10.8. The standard InChI is InChI=1S/C14H13N3O/c15-8-11-9-18-14(16-11)17-13-7-3-5-10-4-1-2-6-12(10)13/h1-7,9H,8,15H2,(H,16,17). The third kappa shape index (κ3) is 1.94. The Kier molecular flexibility index (Phi) is 2.70. The highest BCUT2D eigenvalue weighted by Gasteiger charge is 2.05. The number of nitrogens with one attached hydrogen (secondary N) is 1. The lowest BCUT2D eigenvalue weighted by molar-refractivity contribution is 0.576. The first-order chi connectivity index (χ1) is 8.86. The van der Waals surface area contributed by atoms with Gasteiger partial charge in [-0.15, -0.1) is 0 Å². The molecule has 4 nitrogen and oxygen atoms in total. The molecule has 0 unspecified atom stereocenters. The lowest BCUT2D eigenvalue weighted by atomic mass is 10.1. The summed E-state index contributed by atoms with van der Waals surface area (Å²) in [4.78, 5) is 4.23. The zero-order valence-corrected chi connectivity index (χ0v) is 9.76. The van der Waals surface area contributed by atoms with Gasteiger partial charge in [-0.3, -0.25) is 0 Å². The third-order valence-corrected chi connectivity index (χ3v) is 2.79. The molecule has 2 aromatic carbocycles. The molecule has 0 spiro atoms. The molecule has 0 amide bonds. The van der Waals surface area contributed by atoms with E-state index in [1.807, 2.05) is 24.3 Å². The summed E-state index contributed by atoms with van der Waals surface area (Å²) in [5.74, 6) is 0. The minimum atomic E-state index is 0.376. The van der Waals surface area contributed by atoms with Crippen molar-refractivity contribution in [3.05, 3.63) is 54.4 Å². The minimum absolute atomic E-state index is 0.376. The second-order valence-electron chi connectivity index (χ2n) is 4.00. The van der Waals surface area contributed by atoms with E-state index < -0.39 is 0 Å². The highest BCUT2D eigenvalue weighted by atomic mass is 16.4. The number of nitrogens with two attached hydrogens (primary N) is 1. The van der Waals surface area contributed by atoms with Crippen molar-refractivity contribution in [2.45, 2.75) is 6.54 Å². The van der Waals surface area contributed by atoms with E-state index >= 15 is 0 Å².